The van der Waals surface area contributed by atoms with Gasteiger partial charge in [0.25, 0.3) is 0 Å². The summed E-state index contributed by atoms with van der Waals surface area (Å²) >= 11 is 0. The number of sulfonamides is 1. The van der Waals surface area contributed by atoms with Gasteiger partial charge in [0, 0.05) is 24.9 Å². The Kier molecular flexibility index (Phi) is 3.65. The molecule has 3 rings (SSSR count). The highest BCUT2D eigenvalue weighted by molar-refractivity contribution is 7.89. The minimum Gasteiger partial charge on any atom is -0.493 e. The lowest BCUT2D eigenvalue weighted by Crippen LogP contribution is -2.27. The molecule has 0 saturated heterocycles. The van der Waals surface area contributed by atoms with E-state index in [1.165, 1.54) is 0 Å². The van der Waals surface area contributed by atoms with E-state index >= 15 is 0 Å². The third-order valence-corrected chi connectivity index (χ3v) is 5.05. The van der Waals surface area contributed by atoms with Crippen LogP contribution in [0.3, 0.4) is 0 Å². The number of pyridine rings is 1. The predicted octanol–water partition coefficient (Wildman–Crippen LogP) is 2.06. The molecule has 0 spiro atoms. The lowest BCUT2D eigenvalue weighted by molar-refractivity contribution is 0.356. The lowest BCUT2D eigenvalue weighted by atomic mass is 10.1. The summed E-state index contributed by atoms with van der Waals surface area (Å²) in [6, 6.07) is 8.25. The van der Waals surface area contributed by atoms with Crippen LogP contribution in [0.2, 0.25) is 0 Å². The second kappa shape index (κ2) is 5.46. The van der Waals surface area contributed by atoms with Crippen molar-refractivity contribution in [3.63, 3.8) is 0 Å². The maximum absolute atomic E-state index is 12.4. The van der Waals surface area contributed by atoms with Gasteiger partial charge in [-0.15, -0.1) is 0 Å². The normalized spacial score (nSPS) is 15.3. The topological polar surface area (TPSA) is 68.3 Å². The van der Waals surface area contributed by atoms with Crippen LogP contribution in [0.1, 0.15) is 24.1 Å². The first kappa shape index (κ1) is 14.0. The molecule has 0 amide bonds. The second-order valence-electron chi connectivity index (χ2n) is 4.99. The molecular weight excluding hydrogens is 288 g/mol. The molecule has 5 nitrogen and oxygen atoms in total. The first-order valence-electron chi connectivity index (χ1n) is 6.74. The molecule has 1 atom stereocenters. The Morgan fingerprint density at radius 2 is 2.00 bits per heavy atom. The van der Waals surface area contributed by atoms with Gasteiger partial charge in [0.2, 0.25) is 10.0 Å². The summed E-state index contributed by atoms with van der Waals surface area (Å²) < 4.78 is 33.0. The van der Waals surface area contributed by atoms with Crippen molar-refractivity contribution < 1.29 is 13.2 Å². The third kappa shape index (κ3) is 2.91. The van der Waals surface area contributed by atoms with Crippen molar-refractivity contribution in [2.45, 2.75) is 24.3 Å². The SMILES string of the molecule is C[C@@H](NS(=O)(=O)c1ccc2c(c1)CCO2)c1ccncc1. The predicted molar refractivity (Wildman–Crippen MR) is 78.6 cm³/mol. The van der Waals surface area contributed by atoms with Crippen LogP contribution >= 0.6 is 0 Å². The molecule has 1 aliphatic heterocycles. The Balaban J connectivity index is 1.84. The number of hydrogen-bond acceptors (Lipinski definition) is 4. The molecule has 0 radical (unpaired) electrons. The third-order valence-electron chi connectivity index (χ3n) is 3.51. The summed E-state index contributed by atoms with van der Waals surface area (Å²) in [4.78, 5) is 4.20. The largest absolute Gasteiger partial charge is 0.493 e. The quantitative estimate of drug-likeness (QED) is 0.938. The number of nitrogens with zero attached hydrogens (tertiary/aromatic N) is 1. The molecule has 6 heteroatoms. The van der Waals surface area contributed by atoms with Crippen LogP contribution in [-0.2, 0) is 16.4 Å². The summed E-state index contributed by atoms with van der Waals surface area (Å²) in [5, 5.41) is 0. The molecule has 0 saturated carbocycles. The maximum atomic E-state index is 12.4. The van der Waals surface area contributed by atoms with Crippen LogP contribution in [0.15, 0.2) is 47.6 Å². The molecule has 0 fully saturated rings. The molecule has 0 bridgehead atoms. The fourth-order valence-electron chi connectivity index (χ4n) is 2.35. The molecule has 2 aromatic rings. The van der Waals surface area contributed by atoms with E-state index in [0.29, 0.717) is 6.61 Å². The Morgan fingerprint density at radius 1 is 1.24 bits per heavy atom. The Labute approximate surface area is 124 Å². The molecule has 21 heavy (non-hydrogen) atoms. The number of nitrogens with one attached hydrogen (secondary N) is 1. The highest BCUT2D eigenvalue weighted by Gasteiger charge is 2.21. The fraction of sp³-hybridized carbons (Fsp3) is 0.267. The first-order valence-corrected chi connectivity index (χ1v) is 8.22. The minimum absolute atomic E-state index is 0.271. The summed E-state index contributed by atoms with van der Waals surface area (Å²) in [6.07, 6.45) is 4.04. The van der Waals surface area contributed by atoms with Crippen molar-refractivity contribution in [1.29, 1.82) is 0 Å². The van der Waals surface area contributed by atoms with Crippen molar-refractivity contribution in [1.82, 2.24) is 9.71 Å². The van der Waals surface area contributed by atoms with Gasteiger partial charge in [0.05, 0.1) is 11.5 Å². The average molecular weight is 304 g/mol. The molecule has 0 unspecified atom stereocenters. The number of fused-ring (bicyclic) bond motifs is 1. The molecule has 1 aromatic carbocycles. The number of benzene rings is 1. The van der Waals surface area contributed by atoms with Crippen LogP contribution in [0.5, 0.6) is 5.75 Å². The van der Waals surface area contributed by atoms with E-state index in [1.54, 1.807) is 42.7 Å². The number of ether oxygens (including phenoxy) is 1. The molecule has 0 aliphatic carbocycles. The van der Waals surface area contributed by atoms with Crippen molar-refractivity contribution >= 4 is 10.0 Å². The molecule has 2 heterocycles. The Morgan fingerprint density at radius 3 is 2.76 bits per heavy atom. The van der Waals surface area contributed by atoms with E-state index in [9.17, 15) is 8.42 Å². The smallest absolute Gasteiger partial charge is 0.241 e. The van der Waals surface area contributed by atoms with Gasteiger partial charge in [0.15, 0.2) is 0 Å². The van der Waals surface area contributed by atoms with Crippen molar-refractivity contribution in [3.8, 4) is 5.75 Å². The van der Waals surface area contributed by atoms with E-state index in [4.69, 9.17) is 4.74 Å². The second-order valence-corrected chi connectivity index (χ2v) is 6.71. The highest BCUT2D eigenvalue weighted by atomic mass is 32.2. The minimum atomic E-state index is -3.56. The van der Waals surface area contributed by atoms with Crippen molar-refractivity contribution in [2.75, 3.05) is 6.61 Å². The molecular formula is C15H16N2O3S. The summed E-state index contributed by atoms with van der Waals surface area (Å²) in [7, 11) is -3.56. The average Bonchev–Trinajstić information content (AvgIpc) is 2.95. The zero-order valence-corrected chi connectivity index (χ0v) is 12.4. The van der Waals surface area contributed by atoms with Gasteiger partial charge >= 0.3 is 0 Å². The summed E-state index contributed by atoms with van der Waals surface area (Å²) in [5.41, 5.74) is 1.81. The van der Waals surface area contributed by atoms with Crippen LogP contribution in [-0.4, -0.2) is 20.0 Å². The van der Waals surface area contributed by atoms with Crippen LogP contribution in [0.4, 0.5) is 0 Å². The van der Waals surface area contributed by atoms with E-state index in [2.05, 4.69) is 9.71 Å². The van der Waals surface area contributed by atoms with Gasteiger partial charge < -0.3 is 4.74 Å². The van der Waals surface area contributed by atoms with Crippen LogP contribution < -0.4 is 9.46 Å². The zero-order chi connectivity index (χ0) is 14.9. The lowest BCUT2D eigenvalue weighted by Gasteiger charge is -2.14. The van der Waals surface area contributed by atoms with Crippen molar-refractivity contribution in [3.05, 3.63) is 53.9 Å². The fourth-order valence-corrected chi connectivity index (χ4v) is 3.63. The molecule has 1 aromatic heterocycles. The van der Waals surface area contributed by atoms with Gasteiger partial charge in [0.1, 0.15) is 5.75 Å². The molecule has 1 aliphatic rings. The van der Waals surface area contributed by atoms with Crippen LogP contribution in [0.25, 0.3) is 0 Å². The monoisotopic (exact) mass is 304 g/mol. The van der Waals surface area contributed by atoms with Crippen LogP contribution in [0, 0.1) is 0 Å². The van der Waals surface area contributed by atoms with E-state index in [0.717, 1.165) is 23.3 Å². The van der Waals surface area contributed by atoms with E-state index in [-0.39, 0.29) is 10.9 Å². The van der Waals surface area contributed by atoms with E-state index < -0.39 is 10.0 Å². The van der Waals surface area contributed by atoms with Gasteiger partial charge in [-0.05, 0) is 48.4 Å². The van der Waals surface area contributed by atoms with Crippen molar-refractivity contribution in [2.24, 2.45) is 0 Å². The van der Waals surface area contributed by atoms with Gasteiger partial charge in [-0.2, -0.15) is 0 Å². The molecule has 1 N–H and O–H groups in total. The number of aromatic nitrogens is 1. The number of hydrogen-bond donors (Lipinski definition) is 1. The Bertz CT molecular complexity index is 745. The first-order chi connectivity index (χ1) is 10.1. The number of rotatable bonds is 4. The zero-order valence-electron chi connectivity index (χ0n) is 11.6. The van der Waals surface area contributed by atoms with E-state index in [1.807, 2.05) is 6.92 Å². The van der Waals surface area contributed by atoms with Gasteiger partial charge in [-0.3, -0.25) is 4.98 Å². The maximum Gasteiger partial charge on any atom is 0.241 e. The highest BCUT2D eigenvalue weighted by Crippen LogP contribution is 2.28. The van der Waals surface area contributed by atoms with Gasteiger partial charge in [-0.1, -0.05) is 0 Å². The summed E-state index contributed by atoms with van der Waals surface area (Å²) in [5.74, 6) is 0.774. The van der Waals surface area contributed by atoms with Gasteiger partial charge in [-0.25, -0.2) is 13.1 Å². The molecule has 110 valence electrons. The summed E-state index contributed by atoms with van der Waals surface area (Å²) in [6.45, 7) is 2.42. The standard InChI is InChI=1S/C15H16N2O3S/c1-11(12-4-7-16-8-5-12)17-21(18,19)14-2-3-15-13(10-14)6-9-20-15/h2-5,7-8,10-11,17H,6,9H2,1H3/t11-/m1/s1. The Hall–Kier alpha value is -1.92.